The Labute approximate surface area is 166 Å². The minimum absolute atomic E-state index is 0. The van der Waals surface area contributed by atoms with Crippen LogP contribution in [0.2, 0.25) is 5.02 Å². The van der Waals surface area contributed by atoms with E-state index in [9.17, 15) is 4.79 Å². The highest BCUT2D eigenvalue weighted by molar-refractivity contribution is 6.32. The summed E-state index contributed by atoms with van der Waals surface area (Å²) in [6.07, 6.45) is 0. The van der Waals surface area contributed by atoms with Gasteiger partial charge in [0.1, 0.15) is 17.3 Å². The SMILES string of the molecule is Cc1ccc(C(CNC(=O)COc2cc(C)c(Cl)c(C)c2)N(C)C)o1.Cl. The summed E-state index contributed by atoms with van der Waals surface area (Å²) in [7, 11) is 3.90. The van der Waals surface area contributed by atoms with E-state index in [1.807, 2.05) is 64.0 Å². The third-order valence-corrected chi connectivity index (χ3v) is 4.58. The summed E-state index contributed by atoms with van der Waals surface area (Å²) in [6.45, 7) is 6.13. The van der Waals surface area contributed by atoms with E-state index in [4.69, 9.17) is 20.8 Å². The molecule has 26 heavy (non-hydrogen) atoms. The first-order valence-electron chi connectivity index (χ1n) is 8.17. The number of likely N-dealkylation sites (N-methyl/N-ethyl adjacent to an activating group) is 1. The van der Waals surface area contributed by atoms with Crippen LogP contribution >= 0.6 is 24.0 Å². The molecule has 0 saturated heterocycles. The van der Waals surface area contributed by atoms with Crippen molar-refractivity contribution in [3.8, 4) is 5.75 Å². The molecule has 7 heteroatoms. The van der Waals surface area contributed by atoms with Crippen molar-refractivity contribution in [1.29, 1.82) is 0 Å². The second kappa shape index (κ2) is 9.86. The van der Waals surface area contributed by atoms with E-state index in [0.717, 1.165) is 27.7 Å². The van der Waals surface area contributed by atoms with Gasteiger partial charge in [0, 0.05) is 11.6 Å². The summed E-state index contributed by atoms with van der Waals surface area (Å²) in [6, 6.07) is 7.48. The Hall–Kier alpha value is -1.69. The zero-order valence-electron chi connectivity index (χ0n) is 15.8. The maximum absolute atomic E-state index is 12.1. The number of hydrogen-bond acceptors (Lipinski definition) is 4. The van der Waals surface area contributed by atoms with E-state index in [-0.39, 0.29) is 31.0 Å². The number of amides is 1. The Bertz CT molecular complexity index is 721. The highest BCUT2D eigenvalue weighted by Crippen LogP contribution is 2.25. The predicted molar refractivity (Wildman–Crippen MR) is 107 cm³/mol. The molecular formula is C19H26Cl2N2O3. The van der Waals surface area contributed by atoms with E-state index < -0.39 is 0 Å². The molecule has 5 nitrogen and oxygen atoms in total. The summed E-state index contributed by atoms with van der Waals surface area (Å²) < 4.78 is 11.2. The molecule has 144 valence electrons. The van der Waals surface area contributed by atoms with Crippen LogP contribution in [0.1, 0.15) is 28.7 Å². The van der Waals surface area contributed by atoms with Gasteiger partial charge in [-0.2, -0.15) is 0 Å². The van der Waals surface area contributed by atoms with Gasteiger partial charge in [0.25, 0.3) is 5.91 Å². The summed E-state index contributed by atoms with van der Waals surface area (Å²) in [5.74, 6) is 2.14. The summed E-state index contributed by atoms with van der Waals surface area (Å²) >= 11 is 6.14. The standard InChI is InChI=1S/C19H25ClN2O3.ClH/c1-12-8-15(9-13(2)19(12)20)24-11-18(23)21-10-16(22(4)5)17-7-6-14(3)25-17;/h6-9,16H,10-11H2,1-5H3,(H,21,23);1H. The molecule has 1 amide bonds. The quantitative estimate of drug-likeness (QED) is 0.760. The van der Waals surface area contributed by atoms with Crippen LogP contribution in [0, 0.1) is 20.8 Å². The molecule has 0 aliphatic rings. The molecule has 0 fully saturated rings. The van der Waals surface area contributed by atoms with Crippen molar-refractivity contribution in [3.63, 3.8) is 0 Å². The highest BCUT2D eigenvalue weighted by atomic mass is 35.5. The minimum atomic E-state index is -0.180. The number of halogens is 2. The Kier molecular flexibility index (Phi) is 8.47. The van der Waals surface area contributed by atoms with E-state index in [0.29, 0.717) is 12.3 Å². The van der Waals surface area contributed by atoms with Crippen molar-refractivity contribution in [2.45, 2.75) is 26.8 Å². The molecule has 1 aromatic carbocycles. The molecule has 0 bridgehead atoms. The summed E-state index contributed by atoms with van der Waals surface area (Å²) in [5.41, 5.74) is 1.86. The van der Waals surface area contributed by atoms with Gasteiger partial charge in [-0.15, -0.1) is 12.4 Å². The van der Waals surface area contributed by atoms with Crippen LogP contribution in [-0.4, -0.2) is 38.1 Å². The molecule has 0 radical (unpaired) electrons. The largest absolute Gasteiger partial charge is 0.484 e. The fraction of sp³-hybridized carbons (Fsp3) is 0.421. The number of hydrogen-bond donors (Lipinski definition) is 1. The van der Waals surface area contributed by atoms with Crippen LogP contribution in [0.5, 0.6) is 5.75 Å². The van der Waals surface area contributed by atoms with Gasteiger partial charge in [0.15, 0.2) is 6.61 Å². The van der Waals surface area contributed by atoms with Gasteiger partial charge in [0.05, 0.1) is 6.04 Å². The fourth-order valence-electron chi connectivity index (χ4n) is 2.57. The number of nitrogens with one attached hydrogen (secondary N) is 1. The molecule has 0 aliphatic carbocycles. The molecule has 2 aromatic rings. The first-order chi connectivity index (χ1) is 11.8. The number of ether oxygens (including phenoxy) is 1. The van der Waals surface area contributed by atoms with Gasteiger partial charge in [-0.25, -0.2) is 0 Å². The second-order valence-corrected chi connectivity index (χ2v) is 6.77. The maximum Gasteiger partial charge on any atom is 0.258 e. The first kappa shape index (κ1) is 22.4. The number of rotatable bonds is 7. The smallest absolute Gasteiger partial charge is 0.258 e. The third kappa shape index (κ3) is 5.94. The molecule has 2 rings (SSSR count). The van der Waals surface area contributed by atoms with E-state index in [1.54, 1.807) is 0 Å². The van der Waals surface area contributed by atoms with Crippen molar-refractivity contribution in [2.24, 2.45) is 0 Å². The van der Waals surface area contributed by atoms with E-state index >= 15 is 0 Å². The van der Waals surface area contributed by atoms with Gasteiger partial charge in [-0.3, -0.25) is 9.69 Å². The van der Waals surface area contributed by atoms with Gasteiger partial charge in [-0.1, -0.05) is 11.6 Å². The van der Waals surface area contributed by atoms with Crippen LogP contribution in [0.3, 0.4) is 0 Å². The topological polar surface area (TPSA) is 54.7 Å². The fourth-order valence-corrected chi connectivity index (χ4v) is 2.68. The van der Waals surface area contributed by atoms with Gasteiger partial charge in [-0.05, 0) is 70.3 Å². The minimum Gasteiger partial charge on any atom is -0.484 e. The van der Waals surface area contributed by atoms with E-state index in [1.165, 1.54) is 0 Å². The van der Waals surface area contributed by atoms with Crippen LogP contribution in [-0.2, 0) is 4.79 Å². The molecule has 1 N–H and O–H groups in total. The molecule has 0 spiro atoms. The number of aryl methyl sites for hydroxylation is 3. The summed E-state index contributed by atoms with van der Waals surface area (Å²) in [4.78, 5) is 14.1. The molecule has 1 atom stereocenters. The van der Waals surface area contributed by atoms with Gasteiger partial charge >= 0.3 is 0 Å². The summed E-state index contributed by atoms with van der Waals surface area (Å²) in [5, 5.41) is 3.61. The Morgan fingerprint density at radius 1 is 1.23 bits per heavy atom. The number of benzene rings is 1. The van der Waals surface area contributed by atoms with Crippen molar-refractivity contribution < 1.29 is 13.9 Å². The highest BCUT2D eigenvalue weighted by Gasteiger charge is 2.18. The van der Waals surface area contributed by atoms with Crippen molar-refractivity contribution >= 4 is 29.9 Å². The van der Waals surface area contributed by atoms with Crippen molar-refractivity contribution in [2.75, 3.05) is 27.2 Å². The van der Waals surface area contributed by atoms with Crippen LogP contribution in [0.15, 0.2) is 28.7 Å². The Morgan fingerprint density at radius 3 is 2.35 bits per heavy atom. The monoisotopic (exact) mass is 400 g/mol. The van der Waals surface area contributed by atoms with Gasteiger partial charge in [0.2, 0.25) is 0 Å². The number of nitrogens with zero attached hydrogens (tertiary/aromatic N) is 1. The van der Waals surface area contributed by atoms with E-state index in [2.05, 4.69) is 5.32 Å². The lowest BCUT2D eigenvalue weighted by Gasteiger charge is -2.22. The van der Waals surface area contributed by atoms with Gasteiger partial charge < -0.3 is 14.5 Å². The Morgan fingerprint density at radius 2 is 1.85 bits per heavy atom. The molecule has 0 aliphatic heterocycles. The van der Waals surface area contributed by atoms with Crippen LogP contribution < -0.4 is 10.1 Å². The Balaban J connectivity index is 0.00000338. The first-order valence-corrected chi connectivity index (χ1v) is 8.54. The number of carbonyl (C=O) groups is 1. The predicted octanol–water partition coefficient (Wildman–Crippen LogP) is 4.08. The lowest BCUT2D eigenvalue weighted by molar-refractivity contribution is -0.123. The molecular weight excluding hydrogens is 375 g/mol. The van der Waals surface area contributed by atoms with Crippen molar-refractivity contribution in [3.05, 3.63) is 51.9 Å². The molecule has 1 heterocycles. The van der Waals surface area contributed by atoms with Crippen LogP contribution in [0.25, 0.3) is 0 Å². The lowest BCUT2D eigenvalue weighted by Crippen LogP contribution is -2.36. The third-order valence-electron chi connectivity index (χ3n) is 3.99. The zero-order valence-corrected chi connectivity index (χ0v) is 17.3. The number of carbonyl (C=O) groups excluding carboxylic acids is 1. The zero-order chi connectivity index (χ0) is 18.6. The normalized spacial score (nSPS) is 11.8. The average molecular weight is 401 g/mol. The molecule has 1 aromatic heterocycles. The molecule has 0 saturated carbocycles. The maximum atomic E-state index is 12.1. The number of furan rings is 1. The van der Waals surface area contributed by atoms with Crippen molar-refractivity contribution in [1.82, 2.24) is 10.2 Å². The average Bonchev–Trinajstić information content (AvgIpc) is 2.96. The lowest BCUT2D eigenvalue weighted by atomic mass is 10.1. The molecule has 1 unspecified atom stereocenters. The van der Waals surface area contributed by atoms with Crippen LogP contribution in [0.4, 0.5) is 0 Å². The second-order valence-electron chi connectivity index (χ2n) is 6.39.